The number of benzene rings is 2. The lowest BCUT2D eigenvalue weighted by atomic mass is 9.80. The zero-order valence-electron chi connectivity index (χ0n) is 13.6. The lowest BCUT2D eigenvalue weighted by Gasteiger charge is -2.21. The van der Waals surface area contributed by atoms with E-state index >= 15 is 0 Å². The standard InChI is InChI=1S/C19H14O7/c1-8(6-14(23)24)5-10-12(21)7-13(22)17-16(10)18(25)9-3-2-4-11(20)15(9)19(17)26/h2-5,7,20-22H,6H2,1H3,(H,23,24). The molecule has 0 radical (unpaired) electrons. The van der Waals surface area contributed by atoms with Crippen molar-refractivity contribution < 1.29 is 34.8 Å². The minimum atomic E-state index is -1.09. The summed E-state index contributed by atoms with van der Waals surface area (Å²) in [6.45, 7) is 1.50. The Morgan fingerprint density at radius 2 is 1.65 bits per heavy atom. The molecule has 1 aliphatic carbocycles. The van der Waals surface area contributed by atoms with Crippen molar-refractivity contribution in [3.63, 3.8) is 0 Å². The van der Waals surface area contributed by atoms with Gasteiger partial charge in [-0.05, 0) is 13.0 Å². The van der Waals surface area contributed by atoms with Crippen LogP contribution >= 0.6 is 0 Å². The molecule has 0 bridgehead atoms. The number of carbonyl (C=O) groups is 3. The Balaban J connectivity index is 2.32. The highest BCUT2D eigenvalue weighted by Crippen LogP contribution is 2.42. The molecule has 1 aliphatic rings. The molecule has 0 unspecified atom stereocenters. The number of ketones is 2. The second-order valence-corrected chi connectivity index (χ2v) is 6.00. The molecule has 0 heterocycles. The maximum atomic E-state index is 12.9. The van der Waals surface area contributed by atoms with Gasteiger partial charge in [0, 0.05) is 22.8 Å². The summed E-state index contributed by atoms with van der Waals surface area (Å²) in [5.74, 6) is -3.96. The summed E-state index contributed by atoms with van der Waals surface area (Å²) < 4.78 is 0. The molecule has 2 aromatic carbocycles. The molecule has 132 valence electrons. The quantitative estimate of drug-likeness (QED) is 0.568. The molecule has 7 nitrogen and oxygen atoms in total. The average Bonchev–Trinajstić information content (AvgIpc) is 2.54. The van der Waals surface area contributed by atoms with Crippen LogP contribution in [0.15, 0.2) is 29.8 Å². The molecule has 0 saturated carbocycles. The Bertz CT molecular complexity index is 1020. The van der Waals surface area contributed by atoms with Crippen molar-refractivity contribution in [3.8, 4) is 17.2 Å². The fraction of sp³-hybridized carbons (Fsp3) is 0.105. The monoisotopic (exact) mass is 354 g/mol. The van der Waals surface area contributed by atoms with Crippen molar-refractivity contribution in [2.45, 2.75) is 13.3 Å². The van der Waals surface area contributed by atoms with E-state index in [2.05, 4.69) is 0 Å². The Morgan fingerprint density at radius 1 is 0.962 bits per heavy atom. The van der Waals surface area contributed by atoms with Gasteiger partial charge in [0.2, 0.25) is 5.78 Å². The lowest BCUT2D eigenvalue weighted by molar-refractivity contribution is -0.136. The number of phenols is 3. The summed E-state index contributed by atoms with van der Waals surface area (Å²) in [5, 5.41) is 39.1. The second kappa shape index (κ2) is 6.03. The Morgan fingerprint density at radius 3 is 2.31 bits per heavy atom. The van der Waals surface area contributed by atoms with Gasteiger partial charge in [-0.3, -0.25) is 14.4 Å². The second-order valence-electron chi connectivity index (χ2n) is 6.00. The number of rotatable bonds is 3. The number of carboxylic acids is 1. The molecule has 26 heavy (non-hydrogen) atoms. The van der Waals surface area contributed by atoms with Gasteiger partial charge in [-0.15, -0.1) is 0 Å². The van der Waals surface area contributed by atoms with E-state index in [1.807, 2.05) is 0 Å². The smallest absolute Gasteiger partial charge is 0.307 e. The number of carboxylic acid groups (broad SMARTS) is 1. The number of aliphatic carboxylic acids is 1. The van der Waals surface area contributed by atoms with Gasteiger partial charge in [0.25, 0.3) is 0 Å². The molecule has 0 atom stereocenters. The van der Waals surface area contributed by atoms with E-state index in [-0.39, 0.29) is 34.2 Å². The summed E-state index contributed by atoms with van der Waals surface area (Å²) in [4.78, 5) is 36.5. The minimum absolute atomic E-state index is 0.0520. The first-order valence-corrected chi connectivity index (χ1v) is 7.61. The fourth-order valence-corrected chi connectivity index (χ4v) is 3.05. The van der Waals surface area contributed by atoms with Crippen molar-refractivity contribution in [3.05, 3.63) is 57.7 Å². The van der Waals surface area contributed by atoms with Crippen LogP contribution in [-0.2, 0) is 4.79 Å². The highest BCUT2D eigenvalue weighted by Gasteiger charge is 2.36. The number of phenolic OH excluding ortho intramolecular Hbond substituents is 3. The van der Waals surface area contributed by atoms with Crippen molar-refractivity contribution >= 4 is 23.6 Å². The summed E-state index contributed by atoms with van der Waals surface area (Å²) in [6, 6.07) is 4.92. The Kier molecular flexibility index (Phi) is 4.00. The maximum Gasteiger partial charge on any atom is 0.307 e. The van der Waals surface area contributed by atoms with Gasteiger partial charge in [-0.25, -0.2) is 0 Å². The number of fused-ring (bicyclic) bond motifs is 2. The number of aromatic hydroxyl groups is 3. The van der Waals surface area contributed by atoms with Gasteiger partial charge < -0.3 is 20.4 Å². The predicted molar refractivity (Wildman–Crippen MR) is 90.6 cm³/mol. The first kappa shape index (κ1) is 17.2. The summed E-state index contributed by atoms with van der Waals surface area (Å²) in [7, 11) is 0. The van der Waals surface area contributed by atoms with Gasteiger partial charge >= 0.3 is 5.97 Å². The summed E-state index contributed by atoms with van der Waals surface area (Å²) >= 11 is 0. The molecule has 0 aliphatic heterocycles. The number of carbonyl (C=O) groups excluding carboxylic acids is 2. The lowest BCUT2D eigenvalue weighted by Crippen LogP contribution is -2.22. The molecule has 0 amide bonds. The molecule has 7 heteroatoms. The van der Waals surface area contributed by atoms with Crippen LogP contribution in [0.5, 0.6) is 17.2 Å². The fourth-order valence-electron chi connectivity index (χ4n) is 3.05. The van der Waals surface area contributed by atoms with Gasteiger partial charge in [0.15, 0.2) is 5.78 Å². The van der Waals surface area contributed by atoms with Gasteiger partial charge in [-0.2, -0.15) is 0 Å². The van der Waals surface area contributed by atoms with Crippen molar-refractivity contribution in [2.24, 2.45) is 0 Å². The maximum absolute atomic E-state index is 12.9. The van der Waals surface area contributed by atoms with Crippen LogP contribution in [0.25, 0.3) is 6.08 Å². The van der Waals surface area contributed by atoms with Gasteiger partial charge in [0.1, 0.15) is 17.2 Å². The third-order valence-corrected chi connectivity index (χ3v) is 4.11. The topological polar surface area (TPSA) is 132 Å². The molecule has 2 aromatic rings. The van der Waals surface area contributed by atoms with E-state index in [0.717, 1.165) is 6.07 Å². The summed E-state index contributed by atoms with van der Waals surface area (Å²) in [6.07, 6.45) is 0.968. The third-order valence-electron chi connectivity index (χ3n) is 4.11. The van der Waals surface area contributed by atoms with E-state index in [1.54, 1.807) is 0 Å². The largest absolute Gasteiger partial charge is 0.507 e. The molecule has 0 spiro atoms. The van der Waals surface area contributed by atoms with Crippen LogP contribution < -0.4 is 0 Å². The molecule has 3 rings (SSSR count). The van der Waals surface area contributed by atoms with Gasteiger partial charge in [0.05, 0.1) is 17.5 Å². The Labute approximate surface area is 147 Å². The van der Waals surface area contributed by atoms with E-state index in [4.69, 9.17) is 5.11 Å². The van der Waals surface area contributed by atoms with Crippen LogP contribution in [0.1, 0.15) is 50.8 Å². The van der Waals surface area contributed by atoms with E-state index in [9.17, 15) is 29.7 Å². The number of hydrogen-bond donors (Lipinski definition) is 4. The van der Waals surface area contributed by atoms with Crippen LogP contribution in [-0.4, -0.2) is 38.0 Å². The van der Waals surface area contributed by atoms with Crippen LogP contribution in [0, 0.1) is 0 Å². The molecule has 0 saturated heterocycles. The van der Waals surface area contributed by atoms with Crippen molar-refractivity contribution in [2.75, 3.05) is 0 Å². The van der Waals surface area contributed by atoms with Gasteiger partial charge in [-0.1, -0.05) is 23.8 Å². The van der Waals surface area contributed by atoms with Crippen LogP contribution in [0.2, 0.25) is 0 Å². The predicted octanol–water partition coefficient (Wildman–Crippen LogP) is 2.46. The zero-order chi connectivity index (χ0) is 19.2. The summed E-state index contributed by atoms with van der Waals surface area (Å²) in [5.41, 5.74) is -0.556. The van der Waals surface area contributed by atoms with E-state index in [1.165, 1.54) is 31.2 Å². The number of hydrogen-bond acceptors (Lipinski definition) is 6. The molecular formula is C19H14O7. The zero-order valence-corrected chi connectivity index (χ0v) is 13.6. The minimum Gasteiger partial charge on any atom is -0.507 e. The van der Waals surface area contributed by atoms with E-state index in [0.29, 0.717) is 5.57 Å². The molecule has 0 fully saturated rings. The normalized spacial score (nSPS) is 13.3. The third kappa shape index (κ3) is 2.59. The molecular weight excluding hydrogens is 340 g/mol. The SMILES string of the molecule is CC(=Cc1c(O)cc(O)c2c1C(=O)c1cccc(O)c1C2=O)CC(=O)O. The average molecular weight is 354 g/mol. The first-order valence-electron chi connectivity index (χ1n) is 7.61. The highest BCUT2D eigenvalue weighted by molar-refractivity contribution is 6.31. The highest BCUT2D eigenvalue weighted by atomic mass is 16.4. The molecule has 0 aromatic heterocycles. The van der Waals surface area contributed by atoms with Crippen LogP contribution in [0.3, 0.4) is 0 Å². The first-order chi connectivity index (χ1) is 12.2. The van der Waals surface area contributed by atoms with E-state index < -0.39 is 34.8 Å². The molecule has 4 N–H and O–H groups in total. The van der Waals surface area contributed by atoms with Crippen molar-refractivity contribution in [1.29, 1.82) is 0 Å². The van der Waals surface area contributed by atoms with Crippen molar-refractivity contribution in [1.82, 2.24) is 0 Å². The van der Waals surface area contributed by atoms with Crippen LogP contribution in [0.4, 0.5) is 0 Å². The Hall–Kier alpha value is -3.61.